The summed E-state index contributed by atoms with van der Waals surface area (Å²) >= 11 is 0. The lowest BCUT2D eigenvalue weighted by atomic mass is 9.98. The van der Waals surface area contributed by atoms with Crippen molar-refractivity contribution >= 4 is 5.97 Å². The monoisotopic (exact) mass is 194 g/mol. The first-order valence-corrected chi connectivity index (χ1v) is 5.52. The van der Waals surface area contributed by atoms with Crippen molar-refractivity contribution in [2.24, 2.45) is 0 Å². The number of unbranched alkanes of at least 4 members (excludes halogenated alkanes) is 1. The second-order valence-electron chi connectivity index (χ2n) is 3.72. The highest BCUT2D eigenvalue weighted by atomic mass is 16.5. The van der Waals surface area contributed by atoms with Gasteiger partial charge in [0.15, 0.2) is 0 Å². The van der Waals surface area contributed by atoms with E-state index in [0.29, 0.717) is 0 Å². The number of hydrogen-bond acceptors (Lipinski definition) is 2. The Morgan fingerprint density at radius 2 is 2.07 bits per heavy atom. The maximum atomic E-state index is 11.2. The molecule has 0 saturated heterocycles. The normalized spacial score (nSPS) is 16.9. The number of esters is 1. The van der Waals surface area contributed by atoms with Crippen LogP contribution in [0.3, 0.4) is 0 Å². The SMILES string of the molecule is CCCC#CC(=O)OC1CCCCC1. The smallest absolute Gasteiger partial charge is 0.384 e. The molecule has 0 bridgehead atoms. The zero-order valence-corrected chi connectivity index (χ0v) is 8.84. The maximum Gasteiger partial charge on any atom is 0.384 e. The van der Waals surface area contributed by atoms with Gasteiger partial charge in [-0.2, -0.15) is 0 Å². The van der Waals surface area contributed by atoms with E-state index in [-0.39, 0.29) is 12.1 Å². The van der Waals surface area contributed by atoms with Crippen molar-refractivity contribution in [1.29, 1.82) is 0 Å². The molecule has 2 heteroatoms. The van der Waals surface area contributed by atoms with E-state index in [4.69, 9.17) is 4.74 Å². The first kappa shape index (κ1) is 11.1. The third kappa shape index (κ3) is 4.32. The summed E-state index contributed by atoms with van der Waals surface area (Å²) in [6.07, 6.45) is 7.56. The van der Waals surface area contributed by atoms with Gasteiger partial charge in [0, 0.05) is 12.3 Å². The number of rotatable bonds is 2. The van der Waals surface area contributed by atoms with Crippen LogP contribution in [0, 0.1) is 11.8 Å². The van der Waals surface area contributed by atoms with Crippen molar-refractivity contribution < 1.29 is 9.53 Å². The van der Waals surface area contributed by atoms with Crippen molar-refractivity contribution in [3.63, 3.8) is 0 Å². The molecule has 0 atom stereocenters. The second kappa shape index (κ2) is 6.48. The van der Waals surface area contributed by atoms with E-state index < -0.39 is 0 Å². The fraction of sp³-hybridized carbons (Fsp3) is 0.750. The zero-order valence-electron chi connectivity index (χ0n) is 8.84. The average molecular weight is 194 g/mol. The molecule has 1 aliphatic carbocycles. The van der Waals surface area contributed by atoms with Crippen molar-refractivity contribution in [3.05, 3.63) is 0 Å². The molecule has 0 unspecified atom stereocenters. The van der Waals surface area contributed by atoms with Gasteiger partial charge in [-0.05, 0) is 32.1 Å². The zero-order chi connectivity index (χ0) is 10.2. The van der Waals surface area contributed by atoms with Crippen LogP contribution in [0.25, 0.3) is 0 Å². The Kier molecular flexibility index (Phi) is 5.14. The van der Waals surface area contributed by atoms with Crippen molar-refractivity contribution in [2.45, 2.75) is 58.0 Å². The summed E-state index contributed by atoms with van der Waals surface area (Å²) in [5.74, 6) is 4.98. The van der Waals surface area contributed by atoms with E-state index >= 15 is 0 Å². The summed E-state index contributed by atoms with van der Waals surface area (Å²) in [4.78, 5) is 11.2. The number of carbonyl (C=O) groups excluding carboxylic acids is 1. The van der Waals surface area contributed by atoms with Gasteiger partial charge in [-0.3, -0.25) is 0 Å². The molecule has 0 aromatic rings. The minimum atomic E-state index is -0.342. The molecule has 1 aliphatic rings. The Bertz CT molecular complexity index is 228. The van der Waals surface area contributed by atoms with Gasteiger partial charge in [-0.25, -0.2) is 4.79 Å². The second-order valence-corrected chi connectivity index (χ2v) is 3.72. The molecular weight excluding hydrogens is 176 g/mol. The van der Waals surface area contributed by atoms with Crippen molar-refractivity contribution in [2.75, 3.05) is 0 Å². The average Bonchev–Trinajstić information content (AvgIpc) is 2.20. The van der Waals surface area contributed by atoms with Crippen LogP contribution in [0.5, 0.6) is 0 Å². The van der Waals surface area contributed by atoms with Gasteiger partial charge >= 0.3 is 5.97 Å². The third-order valence-corrected chi connectivity index (χ3v) is 2.39. The molecule has 0 aliphatic heterocycles. The Labute approximate surface area is 86.0 Å². The molecule has 1 rings (SSSR count). The molecule has 2 nitrogen and oxygen atoms in total. The number of ether oxygens (including phenoxy) is 1. The van der Waals surface area contributed by atoms with Gasteiger partial charge in [0.25, 0.3) is 0 Å². The summed E-state index contributed by atoms with van der Waals surface area (Å²) in [7, 11) is 0. The van der Waals surface area contributed by atoms with E-state index in [1.54, 1.807) is 0 Å². The Morgan fingerprint density at radius 1 is 1.36 bits per heavy atom. The van der Waals surface area contributed by atoms with Crippen LogP contribution >= 0.6 is 0 Å². The lowest BCUT2D eigenvalue weighted by Gasteiger charge is -2.20. The number of carbonyl (C=O) groups is 1. The van der Waals surface area contributed by atoms with Crippen LogP contribution in [0.4, 0.5) is 0 Å². The third-order valence-electron chi connectivity index (χ3n) is 2.39. The van der Waals surface area contributed by atoms with E-state index in [9.17, 15) is 4.79 Å². The highest BCUT2D eigenvalue weighted by molar-refractivity contribution is 5.88. The molecule has 0 spiro atoms. The van der Waals surface area contributed by atoms with Gasteiger partial charge < -0.3 is 4.74 Å². The summed E-state index contributed by atoms with van der Waals surface area (Å²) in [5.41, 5.74) is 0. The highest BCUT2D eigenvalue weighted by Crippen LogP contribution is 2.20. The summed E-state index contributed by atoms with van der Waals surface area (Å²) in [5, 5.41) is 0. The minimum Gasteiger partial charge on any atom is -0.453 e. The standard InChI is InChI=1S/C12H18O2/c1-2-3-5-10-12(13)14-11-8-6-4-7-9-11/h11H,2-4,6-9H2,1H3. The molecule has 78 valence electrons. The van der Waals surface area contributed by atoms with Gasteiger partial charge in [-0.15, -0.1) is 0 Å². The van der Waals surface area contributed by atoms with Gasteiger partial charge in [-0.1, -0.05) is 19.3 Å². The van der Waals surface area contributed by atoms with Gasteiger partial charge in [0.1, 0.15) is 6.10 Å². The van der Waals surface area contributed by atoms with Gasteiger partial charge in [0.2, 0.25) is 0 Å². The van der Waals surface area contributed by atoms with Crippen LogP contribution in [0.2, 0.25) is 0 Å². The molecule has 14 heavy (non-hydrogen) atoms. The molecule has 0 radical (unpaired) electrons. The summed E-state index contributed by atoms with van der Waals surface area (Å²) < 4.78 is 5.23. The predicted molar refractivity (Wildman–Crippen MR) is 55.6 cm³/mol. The maximum absolute atomic E-state index is 11.2. The van der Waals surface area contributed by atoms with E-state index in [1.165, 1.54) is 19.3 Å². The number of hydrogen-bond donors (Lipinski definition) is 0. The van der Waals surface area contributed by atoms with Crippen molar-refractivity contribution in [1.82, 2.24) is 0 Å². The summed E-state index contributed by atoms with van der Waals surface area (Å²) in [6, 6.07) is 0. The Balaban J connectivity index is 2.22. The first-order chi connectivity index (χ1) is 6.83. The van der Waals surface area contributed by atoms with Crippen LogP contribution < -0.4 is 0 Å². The summed E-state index contributed by atoms with van der Waals surface area (Å²) in [6.45, 7) is 2.04. The molecule has 0 aromatic heterocycles. The van der Waals surface area contributed by atoms with Crippen LogP contribution in [0.15, 0.2) is 0 Å². The van der Waals surface area contributed by atoms with Crippen LogP contribution in [-0.2, 0) is 9.53 Å². The quantitative estimate of drug-likeness (QED) is 0.384. The predicted octanol–water partition coefficient (Wildman–Crippen LogP) is 2.67. The molecule has 0 amide bonds. The molecule has 1 fully saturated rings. The van der Waals surface area contributed by atoms with Crippen LogP contribution in [0.1, 0.15) is 51.9 Å². The molecule has 1 saturated carbocycles. The highest BCUT2D eigenvalue weighted by Gasteiger charge is 2.16. The molecule has 0 aromatic carbocycles. The largest absolute Gasteiger partial charge is 0.453 e. The Hall–Kier alpha value is -0.970. The minimum absolute atomic E-state index is 0.132. The topological polar surface area (TPSA) is 26.3 Å². The molecular formula is C12H18O2. The van der Waals surface area contributed by atoms with E-state index in [1.807, 2.05) is 6.92 Å². The van der Waals surface area contributed by atoms with Crippen LogP contribution in [-0.4, -0.2) is 12.1 Å². The fourth-order valence-corrected chi connectivity index (χ4v) is 1.62. The lowest BCUT2D eigenvalue weighted by Crippen LogP contribution is -2.19. The lowest BCUT2D eigenvalue weighted by molar-refractivity contribution is -0.143. The molecule has 0 N–H and O–H groups in total. The fourth-order valence-electron chi connectivity index (χ4n) is 1.62. The first-order valence-electron chi connectivity index (χ1n) is 5.52. The Morgan fingerprint density at radius 3 is 2.71 bits per heavy atom. The van der Waals surface area contributed by atoms with E-state index in [0.717, 1.165) is 25.7 Å². The van der Waals surface area contributed by atoms with Crippen molar-refractivity contribution in [3.8, 4) is 11.8 Å². The van der Waals surface area contributed by atoms with E-state index in [2.05, 4.69) is 11.8 Å². The van der Waals surface area contributed by atoms with Gasteiger partial charge in [0.05, 0.1) is 0 Å². The molecule has 0 heterocycles.